The van der Waals surface area contributed by atoms with Gasteiger partial charge in [0.05, 0.1) is 5.92 Å². The van der Waals surface area contributed by atoms with Crippen LogP contribution in [0.25, 0.3) is 0 Å². The van der Waals surface area contributed by atoms with Gasteiger partial charge in [-0.3, -0.25) is 9.59 Å². The Morgan fingerprint density at radius 3 is 2.75 bits per heavy atom. The van der Waals surface area contributed by atoms with E-state index in [1.165, 1.54) is 5.56 Å². The topological polar surface area (TPSA) is 49.4 Å². The fourth-order valence-electron chi connectivity index (χ4n) is 3.00. The SMILES string of the molecule is CN1CC(C(=O)NC[C@@H]2C[C@H]2c2ccccc2)CC1=O. The molecule has 0 aromatic heterocycles. The second kappa shape index (κ2) is 5.27. The molecule has 0 spiro atoms. The molecule has 4 nitrogen and oxygen atoms in total. The largest absolute Gasteiger partial charge is 0.355 e. The Balaban J connectivity index is 1.45. The number of carbonyl (C=O) groups excluding carboxylic acids is 2. The molecule has 1 heterocycles. The van der Waals surface area contributed by atoms with E-state index in [0.29, 0.717) is 24.8 Å². The molecule has 1 saturated carbocycles. The van der Waals surface area contributed by atoms with Crippen molar-refractivity contribution in [3.8, 4) is 0 Å². The quantitative estimate of drug-likeness (QED) is 0.900. The molecule has 0 radical (unpaired) electrons. The van der Waals surface area contributed by atoms with Crippen LogP contribution in [0.3, 0.4) is 0 Å². The van der Waals surface area contributed by atoms with E-state index in [-0.39, 0.29) is 17.7 Å². The Morgan fingerprint density at radius 1 is 1.35 bits per heavy atom. The predicted molar refractivity (Wildman–Crippen MR) is 76.0 cm³/mol. The summed E-state index contributed by atoms with van der Waals surface area (Å²) >= 11 is 0. The Labute approximate surface area is 119 Å². The second-order valence-electron chi connectivity index (χ2n) is 5.93. The molecule has 1 aromatic rings. The van der Waals surface area contributed by atoms with Gasteiger partial charge in [-0.05, 0) is 23.8 Å². The third-order valence-electron chi connectivity index (χ3n) is 4.40. The lowest BCUT2D eigenvalue weighted by molar-refractivity contribution is -0.128. The smallest absolute Gasteiger partial charge is 0.225 e. The van der Waals surface area contributed by atoms with Crippen LogP contribution in [-0.4, -0.2) is 36.9 Å². The lowest BCUT2D eigenvalue weighted by Gasteiger charge is -2.11. The van der Waals surface area contributed by atoms with E-state index in [0.717, 1.165) is 13.0 Å². The third kappa shape index (κ3) is 2.69. The van der Waals surface area contributed by atoms with Crippen LogP contribution in [0.15, 0.2) is 30.3 Å². The van der Waals surface area contributed by atoms with Crippen molar-refractivity contribution in [3.05, 3.63) is 35.9 Å². The maximum absolute atomic E-state index is 12.0. The molecule has 2 amide bonds. The van der Waals surface area contributed by atoms with Crippen molar-refractivity contribution in [2.45, 2.75) is 18.8 Å². The number of likely N-dealkylation sites (tertiary alicyclic amines) is 1. The molecule has 1 aromatic carbocycles. The second-order valence-corrected chi connectivity index (χ2v) is 5.93. The molecule has 1 saturated heterocycles. The van der Waals surface area contributed by atoms with E-state index >= 15 is 0 Å². The molecule has 4 heteroatoms. The van der Waals surface area contributed by atoms with Gasteiger partial charge in [0, 0.05) is 26.6 Å². The maximum Gasteiger partial charge on any atom is 0.225 e. The first kappa shape index (κ1) is 13.2. The van der Waals surface area contributed by atoms with Crippen molar-refractivity contribution < 1.29 is 9.59 Å². The third-order valence-corrected chi connectivity index (χ3v) is 4.40. The molecule has 1 aliphatic carbocycles. The van der Waals surface area contributed by atoms with E-state index in [9.17, 15) is 9.59 Å². The van der Waals surface area contributed by atoms with Crippen LogP contribution >= 0.6 is 0 Å². The highest BCUT2D eigenvalue weighted by Crippen LogP contribution is 2.46. The standard InChI is InChI=1S/C16H20N2O2/c1-18-10-13(8-15(18)19)16(20)17-9-12-7-14(12)11-5-3-2-4-6-11/h2-6,12-14H,7-10H2,1H3,(H,17,20)/t12-,13?,14-/m0/s1. The average Bonchev–Trinajstić information content (AvgIpc) is 3.17. The van der Waals surface area contributed by atoms with Gasteiger partial charge in [-0.1, -0.05) is 30.3 Å². The molecular formula is C16H20N2O2. The molecule has 3 atom stereocenters. The van der Waals surface area contributed by atoms with E-state index in [1.54, 1.807) is 11.9 Å². The van der Waals surface area contributed by atoms with Gasteiger partial charge in [0.15, 0.2) is 0 Å². The summed E-state index contributed by atoms with van der Waals surface area (Å²) < 4.78 is 0. The van der Waals surface area contributed by atoms with Crippen LogP contribution in [-0.2, 0) is 9.59 Å². The van der Waals surface area contributed by atoms with Gasteiger partial charge in [-0.25, -0.2) is 0 Å². The van der Waals surface area contributed by atoms with Crippen LogP contribution in [0.4, 0.5) is 0 Å². The van der Waals surface area contributed by atoms with Crippen molar-refractivity contribution in [1.82, 2.24) is 10.2 Å². The van der Waals surface area contributed by atoms with Gasteiger partial charge in [0.25, 0.3) is 0 Å². The molecule has 1 aliphatic heterocycles. The van der Waals surface area contributed by atoms with Gasteiger partial charge in [0.2, 0.25) is 11.8 Å². The number of nitrogens with zero attached hydrogens (tertiary/aromatic N) is 1. The van der Waals surface area contributed by atoms with Crippen molar-refractivity contribution in [1.29, 1.82) is 0 Å². The number of benzene rings is 1. The zero-order chi connectivity index (χ0) is 14.1. The summed E-state index contributed by atoms with van der Waals surface area (Å²) in [5, 5.41) is 3.01. The van der Waals surface area contributed by atoms with Gasteiger partial charge < -0.3 is 10.2 Å². The fraction of sp³-hybridized carbons (Fsp3) is 0.500. The van der Waals surface area contributed by atoms with Crippen LogP contribution in [0, 0.1) is 11.8 Å². The lowest BCUT2D eigenvalue weighted by atomic mass is 10.1. The Hall–Kier alpha value is -1.84. The molecule has 3 rings (SSSR count). The van der Waals surface area contributed by atoms with Gasteiger partial charge in [0.1, 0.15) is 0 Å². The van der Waals surface area contributed by atoms with E-state index in [2.05, 4.69) is 29.6 Å². The summed E-state index contributed by atoms with van der Waals surface area (Å²) in [7, 11) is 1.75. The highest BCUT2D eigenvalue weighted by molar-refractivity contribution is 5.89. The van der Waals surface area contributed by atoms with Crippen LogP contribution in [0.5, 0.6) is 0 Å². The maximum atomic E-state index is 12.0. The Kier molecular flexibility index (Phi) is 3.47. The van der Waals surface area contributed by atoms with Crippen molar-refractivity contribution >= 4 is 11.8 Å². The molecular weight excluding hydrogens is 252 g/mol. The van der Waals surface area contributed by atoms with Crippen molar-refractivity contribution in [3.63, 3.8) is 0 Å². The zero-order valence-corrected chi connectivity index (χ0v) is 11.7. The highest BCUT2D eigenvalue weighted by Gasteiger charge is 2.39. The Bertz CT molecular complexity index is 514. The summed E-state index contributed by atoms with van der Waals surface area (Å²) in [6.07, 6.45) is 1.50. The Morgan fingerprint density at radius 2 is 2.10 bits per heavy atom. The number of nitrogens with one attached hydrogen (secondary N) is 1. The van der Waals surface area contributed by atoms with Crippen molar-refractivity contribution in [2.24, 2.45) is 11.8 Å². The molecule has 1 unspecified atom stereocenters. The monoisotopic (exact) mass is 272 g/mol. The summed E-state index contributed by atoms with van der Waals surface area (Å²) in [6.45, 7) is 1.28. The zero-order valence-electron chi connectivity index (χ0n) is 11.7. The average molecular weight is 272 g/mol. The molecule has 1 N–H and O–H groups in total. The van der Waals surface area contributed by atoms with Gasteiger partial charge in [-0.2, -0.15) is 0 Å². The van der Waals surface area contributed by atoms with Crippen LogP contribution in [0.1, 0.15) is 24.3 Å². The first-order valence-electron chi connectivity index (χ1n) is 7.22. The van der Waals surface area contributed by atoms with Crippen LogP contribution < -0.4 is 5.32 Å². The molecule has 20 heavy (non-hydrogen) atoms. The normalized spacial score (nSPS) is 28.6. The highest BCUT2D eigenvalue weighted by atomic mass is 16.2. The lowest BCUT2D eigenvalue weighted by Crippen LogP contribution is -2.33. The van der Waals surface area contributed by atoms with Crippen LogP contribution in [0.2, 0.25) is 0 Å². The first-order chi connectivity index (χ1) is 9.65. The predicted octanol–water partition coefficient (Wildman–Crippen LogP) is 1.38. The van der Waals surface area contributed by atoms with Crippen molar-refractivity contribution in [2.75, 3.05) is 20.1 Å². The molecule has 0 bridgehead atoms. The van der Waals surface area contributed by atoms with E-state index < -0.39 is 0 Å². The summed E-state index contributed by atoms with van der Waals surface area (Å²) in [4.78, 5) is 25.1. The first-order valence-corrected chi connectivity index (χ1v) is 7.22. The van der Waals surface area contributed by atoms with E-state index in [1.807, 2.05) is 6.07 Å². The number of amides is 2. The number of hydrogen-bond donors (Lipinski definition) is 1. The minimum Gasteiger partial charge on any atom is -0.355 e. The van der Waals surface area contributed by atoms with Gasteiger partial charge in [-0.15, -0.1) is 0 Å². The number of hydrogen-bond acceptors (Lipinski definition) is 2. The fourth-order valence-corrected chi connectivity index (χ4v) is 3.00. The minimum atomic E-state index is -0.165. The number of rotatable bonds is 4. The summed E-state index contributed by atoms with van der Waals surface area (Å²) in [5.74, 6) is 1.07. The molecule has 2 fully saturated rings. The summed E-state index contributed by atoms with van der Waals surface area (Å²) in [6, 6.07) is 10.4. The van der Waals surface area contributed by atoms with Gasteiger partial charge >= 0.3 is 0 Å². The van der Waals surface area contributed by atoms with E-state index in [4.69, 9.17) is 0 Å². The molecule has 106 valence electrons. The number of carbonyl (C=O) groups is 2. The minimum absolute atomic E-state index is 0.0291. The molecule has 2 aliphatic rings. The summed E-state index contributed by atoms with van der Waals surface area (Å²) in [5.41, 5.74) is 1.36.